The molecule has 0 spiro atoms. The maximum Gasteiger partial charge on any atom is 0.271 e. The first-order valence-corrected chi connectivity index (χ1v) is 8.68. The number of carbonyl (C=O) groups excluding carboxylic acids is 1. The smallest absolute Gasteiger partial charge is 0.271 e. The van der Waals surface area contributed by atoms with Gasteiger partial charge in [0.15, 0.2) is 0 Å². The van der Waals surface area contributed by atoms with E-state index in [0.29, 0.717) is 6.54 Å². The Morgan fingerprint density at radius 2 is 1.91 bits per heavy atom. The highest BCUT2D eigenvalue weighted by Gasteiger charge is 2.15. The third-order valence-corrected chi connectivity index (χ3v) is 5.24. The van der Waals surface area contributed by atoms with Crippen molar-refractivity contribution in [3.63, 3.8) is 0 Å². The molecule has 6 heteroatoms. The molecule has 0 atom stereocenters. The molecule has 0 bridgehead atoms. The summed E-state index contributed by atoms with van der Waals surface area (Å²) >= 11 is 1.95. The maximum atomic E-state index is 11.9. The summed E-state index contributed by atoms with van der Waals surface area (Å²) in [6.45, 7) is 0.439. The van der Waals surface area contributed by atoms with Crippen LogP contribution in [0.4, 0.5) is 0 Å². The molecule has 3 rings (SSSR count). The van der Waals surface area contributed by atoms with Gasteiger partial charge < -0.3 is 5.32 Å². The van der Waals surface area contributed by atoms with E-state index in [2.05, 4.69) is 27.6 Å². The van der Waals surface area contributed by atoms with Crippen molar-refractivity contribution >= 4 is 17.7 Å². The molecule has 0 saturated heterocycles. The first kappa shape index (κ1) is 15.8. The maximum absolute atomic E-state index is 11.9. The number of benzene rings is 1. The second kappa shape index (κ2) is 7.46. The van der Waals surface area contributed by atoms with Gasteiger partial charge in [0.05, 0.1) is 0 Å². The Morgan fingerprint density at radius 1 is 1.17 bits per heavy atom. The number of aromatic nitrogens is 2. The minimum absolute atomic E-state index is 0.206. The van der Waals surface area contributed by atoms with Crippen molar-refractivity contribution in [2.45, 2.75) is 42.4 Å². The molecule has 0 radical (unpaired) electrons. The molecule has 23 heavy (non-hydrogen) atoms. The quantitative estimate of drug-likeness (QED) is 0.884. The Morgan fingerprint density at radius 3 is 2.57 bits per heavy atom. The highest BCUT2D eigenvalue weighted by molar-refractivity contribution is 8.00. The van der Waals surface area contributed by atoms with Gasteiger partial charge in [-0.3, -0.25) is 9.59 Å². The van der Waals surface area contributed by atoms with Gasteiger partial charge >= 0.3 is 0 Å². The Kier molecular flexibility index (Phi) is 5.12. The lowest BCUT2D eigenvalue weighted by Crippen LogP contribution is -2.25. The van der Waals surface area contributed by atoms with Gasteiger partial charge in [0.25, 0.3) is 11.5 Å². The van der Waals surface area contributed by atoms with Crippen LogP contribution in [0.5, 0.6) is 0 Å². The van der Waals surface area contributed by atoms with Crippen molar-refractivity contribution < 1.29 is 4.79 Å². The number of H-pyrrole nitrogens is 1. The van der Waals surface area contributed by atoms with Crippen molar-refractivity contribution in [2.24, 2.45) is 0 Å². The van der Waals surface area contributed by atoms with Gasteiger partial charge in [0, 0.05) is 22.8 Å². The largest absolute Gasteiger partial charge is 0.347 e. The van der Waals surface area contributed by atoms with Crippen molar-refractivity contribution in [1.29, 1.82) is 0 Å². The number of amides is 1. The fourth-order valence-electron chi connectivity index (χ4n) is 2.63. The number of nitrogens with zero attached hydrogens (tertiary/aromatic N) is 1. The van der Waals surface area contributed by atoms with Crippen LogP contribution in [0.1, 0.15) is 41.7 Å². The SMILES string of the molecule is O=C(NCc1ccc(SC2CCCC2)cc1)c1ccc(=O)[nH]n1. The highest BCUT2D eigenvalue weighted by atomic mass is 32.2. The summed E-state index contributed by atoms with van der Waals surface area (Å²) in [6.07, 6.45) is 5.32. The topological polar surface area (TPSA) is 74.8 Å². The van der Waals surface area contributed by atoms with Crippen LogP contribution < -0.4 is 10.9 Å². The van der Waals surface area contributed by atoms with E-state index in [9.17, 15) is 9.59 Å². The Balaban J connectivity index is 1.52. The molecule has 1 saturated carbocycles. The summed E-state index contributed by atoms with van der Waals surface area (Å²) in [5.41, 5.74) is 0.924. The van der Waals surface area contributed by atoms with E-state index in [1.165, 1.54) is 42.7 Å². The van der Waals surface area contributed by atoms with Crippen molar-refractivity contribution in [1.82, 2.24) is 15.5 Å². The summed E-state index contributed by atoms with van der Waals surface area (Å²) in [4.78, 5) is 24.1. The first-order chi connectivity index (χ1) is 11.2. The molecule has 1 aliphatic rings. The number of carbonyl (C=O) groups is 1. The summed E-state index contributed by atoms with van der Waals surface area (Å²) in [5.74, 6) is -0.300. The number of nitrogens with one attached hydrogen (secondary N) is 2. The van der Waals surface area contributed by atoms with Crippen molar-refractivity contribution in [2.75, 3.05) is 0 Å². The van der Waals surface area contributed by atoms with Crippen LogP contribution >= 0.6 is 11.8 Å². The lowest BCUT2D eigenvalue weighted by molar-refractivity contribution is 0.0945. The molecule has 0 unspecified atom stereocenters. The van der Waals surface area contributed by atoms with E-state index in [0.717, 1.165) is 10.8 Å². The van der Waals surface area contributed by atoms with Gasteiger partial charge in [-0.25, -0.2) is 5.10 Å². The minimum Gasteiger partial charge on any atom is -0.347 e. The Hall–Kier alpha value is -2.08. The lowest BCUT2D eigenvalue weighted by atomic mass is 10.2. The number of hydrogen-bond acceptors (Lipinski definition) is 4. The standard InChI is InChI=1S/C17H19N3O2S/c21-16-10-9-15(19-20-16)17(22)18-11-12-5-7-14(8-6-12)23-13-3-1-2-4-13/h5-10,13H,1-4,11H2,(H,18,22)(H,20,21). The highest BCUT2D eigenvalue weighted by Crippen LogP contribution is 2.34. The Labute approximate surface area is 138 Å². The van der Waals surface area contributed by atoms with E-state index in [4.69, 9.17) is 0 Å². The molecule has 2 aromatic rings. The molecule has 1 amide bonds. The fourth-order valence-corrected chi connectivity index (χ4v) is 3.88. The summed E-state index contributed by atoms with van der Waals surface area (Å²) in [6, 6.07) is 11.0. The van der Waals surface area contributed by atoms with Gasteiger partial charge in [-0.1, -0.05) is 25.0 Å². The van der Waals surface area contributed by atoms with Gasteiger partial charge in [-0.05, 0) is 36.6 Å². The van der Waals surface area contributed by atoms with Crippen molar-refractivity contribution in [3.8, 4) is 0 Å². The van der Waals surface area contributed by atoms with Gasteiger partial charge in [0.2, 0.25) is 0 Å². The zero-order valence-electron chi connectivity index (χ0n) is 12.7. The fraction of sp³-hybridized carbons (Fsp3) is 0.353. The molecule has 1 aromatic carbocycles. The van der Waals surface area contributed by atoms with Crippen LogP contribution in [0.25, 0.3) is 0 Å². The van der Waals surface area contributed by atoms with Crippen LogP contribution in [0.15, 0.2) is 46.1 Å². The molecule has 1 aliphatic carbocycles. The summed E-state index contributed by atoms with van der Waals surface area (Å²) in [5, 5.41) is 9.51. The number of aromatic amines is 1. The van der Waals surface area contributed by atoms with Crippen LogP contribution in [0.2, 0.25) is 0 Å². The molecule has 120 valence electrons. The van der Waals surface area contributed by atoms with E-state index >= 15 is 0 Å². The van der Waals surface area contributed by atoms with E-state index in [1.54, 1.807) is 0 Å². The van der Waals surface area contributed by atoms with Crippen LogP contribution in [-0.2, 0) is 6.54 Å². The number of rotatable bonds is 5. The van der Waals surface area contributed by atoms with Gasteiger partial charge in [-0.15, -0.1) is 11.8 Å². The molecule has 5 nitrogen and oxygen atoms in total. The first-order valence-electron chi connectivity index (χ1n) is 7.80. The molecule has 1 fully saturated rings. The second-order valence-corrected chi connectivity index (χ2v) is 7.03. The number of thioether (sulfide) groups is 1. The predicted octanol–water partition coefficient (Wildman–Crippen LogP) is 2.73. The zero-order chi connectivity index (χ0) is 16.1. The Bertz CT molecular complexity index is 701. The number of hydrogen-bond donors (Lipinski definition) is 2. The molecular formula is C17H19N3O2S. The van der Waals surface area contributed by atoms with Gasteiger partial charge in [-0.2, -0.15) is 5.10 Å². The van der Waals surface area contributed by atoms with Crippen LogP contribution in [-0.4, -0.2) is 21.4 Å². The zero-order valence-corrected chi connectivity index (χ0v) is 13.6. The summed E-state index contributed by atoms with van der Waals surface area (Å²) in [7, 11) is 0. The van der Waals surface area contributed by atoms with Crippen molar-refractivity contribution in [3.05, 3.63) is 58.0 Å². The van der Waals surface area contributed by atoms with Gasteiger partial charge in [0.1, 0.15) is 5.69 Å². The minimum atomic E-state index is -0.322. The molecule has 0 aliphatic heterocycles. The van der Waals surface area contributed by atoms with E-state index in [1.807, 2.05) is 23.9 Å². The molecule has 1 aromatic heterocycles. The van der Waals surface area contributed by atoms with E-state index < -0.39 is 0 Å². The van der Waals surface area contributed by atoms with E-state index in [-0.39, 0.29) is 17.2 Å². The average Bonchev–Trinajstić information content (AvgIpc) is 3.07. The summed E-state index contributed by atoms with van der Waals surface area (Å²) < 4.78 is 0. The average molecular weight is 329 g/mol. The third-order valence-electron chi connectivity index (χ3n) is 3.89. The third kappa shape index (κ3) is 4.45. The molecule has 2 N–H and O–H groups in total. The van der Waals surface area contributed by atoms with Crippen LogP contribution in [0, 0.1) is 0 Å². The normalized spacial score (nSPS) is 14.8. The molecule has 1 heterocycles. The monoisotopic (exact) mass is 329 g/mol. The predicted molar refractivity (Wildman–Crippen MR) is 90.6 cm³/mol. The molecular weight excluding hydrogens is 310 g/mol. The van der Waals surface area contributed by atoms with Crippen LogP contribution in [0.3, 0.4) is 0 Å². The lowest BCUT2D eigenvalue weighted by Gasteiger charge is -2.09. The second-order valence-electron chi connectivity index (χ2n) is 5.66.